The van der Waals surface area contributed by atoms with Gasteiger partial charge in [-0.05, 0) is 50.1 Å². The molecule has 1 aromatic heterocycles. The Morgan fingerprint density at radius 3 is 2.70 bits per heavy atom. The Bertz CT molecular complexity index is 803. The maximum Gasteiger partial charge on any atom is 0.243 e. The van der Waals surface area contributed by atoms with Crippen LogP contribution in [0, 0.1) is 17.7 Å². The summed E-state index contributed by atoms with van der Waals surface area (Å²) in [6.07, 6.45) is 2.04. The van der Waals surface area contributed by atoms with Gasteiger partial charge < -0.3 is 0 Å². The van der Waals surface area contributed by atoms with Crippen molar-refractivity contribution in [1.29, 1.82) is 0 Å². The number of rotatable bonds is 1. The van der Waals surface area contributed by atoms with Crippen LogP contribution in [-0.4, -0.2) is 16.4 Å². The van der Waals surface area contributed by atoms with Crippen molar-refractivity contribution in [2.75, 3.05) is 5.01 Å². The third-order valence-corrected chi connectivity index (χ3v) is 3.42. The number of nitrogens with zero attached hydrogens (tertiary/aromatic N) is 2. The first-order valence-electron chi connectivity index (χ1n) is 7.27. The highest BCUT2D eigenvalue weighted by Gasteiger charge is 2.36. The molecule has 0 unspecified atom stereocenters. The fourth-order valence-electron chi connectivity index (χ4n) is 2.36. The highest BCUT2D eigenvalue weighted by atomic mass is 19.1. The summed E-state index contributed by atoms with van der Waals surface area (Å²) in [6.45, 7) is 3.94. The number of amides is 1. The number of hydrogen-bond acceptors (Lipinski definition) is 3. The number of hydrogen-bond donors (Lipinski definition) is 1. The molecule has 1 aliphatic heterocycles. The summed E-state index contributed by atoms with van der Waals surface area (Å²) >= 11 is 0. The number of hydrazine groups is 1. The molecule has 1 saturated heterocycles. The lowest BCUT2D eigenvalue weighted by Crippen LogP contribution is -2.42. The molecule has 0 bridgehead atoms. The quantitative estimate of drug-likeness (QED) is 0.824. The maximum absolute atomic E-state index is 13.1. The molecule has 116 valence electrons. The van der Waals surface area contributed by atoms with Crippen LogP contribution in [0.3, 0.4) is 0 Å². The second-order valence-corrected chi connectivity index (χ2v) is 6.06. The molecule has 0 radical (unpaired) electrons. The number of benzene rings is 1. The third kappa shape index (κ3) is 3.55. The number of pyridine rings is 1. The van der Waals surface area contributed by atoms with Crippen LogP contribution in [0.2, 0.25) is 0 Å². The van der Waals surface area contributed by atoms with Gasteiger partial charge in [0.05, 0.1) is 11.9 Å². The molecule has 0 saturated carbocycles. The summed E-state index contributed by atoms with van der Waals surface area (Å²) in [7, 11) is 0. The molecule has 0 spiro atoms. The Hall–Kier alpha value is -2.71. The minimum absolute atomic E-state index is 0.00962. The van der Waals surface area contributed by atoms with Crippen LogP contribution in [-0.2, 0) is 4.79 Å². The van der Waals surface area contributed by atoms with Crippen LogP contribution in [0.4, 0.5) is 10.1 Å². The van der Waals surface area contributed by atoms with Gasteiger partial charge in [-0.3, -0.25) is 4.79 Å². The summed E-state index contributed by atoms with van der Waals surface area (Å²) in [5.41, 5.74) is 4.72. The Morgan fingerprint density at radius 1 is 1.26 bits per heavy atom. The first kappa shape index (κ1) is 15.2. The van der Waals surface area contributed by atoms with Crippen LogP contribution >= 0.6 is 0 Å². The number of halogens is 1. The van der Waals surface area contributed by atoms with Gasteiger partial charge >= 0.3 is 0 Å². The number of nitrogens with one attached hydrogen (secondary N) is 1. The van der Waals surface area contributed by atoms with Gasteiger partial charge in [-0.25, -0.2) is 19.8 Å². The lowest BCUT2D eigenvalue weighted by Gasteiger charge is -2.21. The molecular formula is C18H16FN3O. The number of aromatic nitrogens is 1. The van der Waals surface area contributed by atoms with Gasteiger partial charge in [-0.1, -0.05) is 12.0 Å². The summed E-state index contributed by atoms with van der Waals surface area (Å²) in [6, 6.07) is 9.62. The highest BCUT2D eigenvalue weighted by molar-refractivity contribution is 5.95. The number of anilines is 1. The fourth-order valence-corrected chi connectivity index (χ4v) is 2.36. The molecule has 23 heavy (non-hydrogen) atoms. The van der Waals surface area contributed by atoms with Crippen molar-refractivity contribution in [3.05, 3.63) is 59.7 Å². The predicted octanol–water partition coefficient (Wildman–Crippen LogP) is 2.64. The molecule has 1 aromatic carbocycles. The van der Waals surface area contributed by atoms with Crippen molar-refractivity contribution in [2.24, 2.45) is 0 Å². The molecule has 2 heterocycles. The Balaban J connectivity index is 1.77. The molecule has 1 fully saturated rings. The van der Waals surface area contributed by atoms with E-state index in [2.05, 4.69) is 22.3 Å². The topological polar surface area (TPSA) is 45.2 Å². The minimum atomic E-state index is -0.318. The molecule has 2 aromatic rings. The zero-order valence-corrected chi connectivity index (χ0v) is 12.9. The van der Waals surface area contributed by atoms with Gasteiger partial charge in [0.2, 0.25) is 5.91 Å². The molecule has 3 rings (SSSR count). The Labute approximate surface area is 134 Å². The van der Waals surface area contributed by atoms with Crippen molar-refractivity contribution in [2.45, 2.75) is 25.8 Å². The molecule has 5 heteroatoms. The van der Waals surface area contributed by atoms with Crippen LogP contribution in [0.1, 0.15) is 31.5 Å². The van der Waals surface area contributed by atoms with Crippen LogP contribution < -0.4 is 10.4 Å². The zero-order valence-electron chi connectivity index (χ0n) is 12.9. The van der Waals surface area contributed by atoms with Crippen molar-refractivity contribution in [3.63, 3.8) is 0 Å². The third-order valence-electron chi connectivity index (χ3n) is 3.42. The van der Waals surface area contributed by atoms with Crippen molar-refractivity contribution >= 4 is 11.6 Å². The average Bonchev–Trinajstić information content (AvgIpc) is 2.79. The summed E-state index contributed by atoms with van der Waals surface area (Å²) in [5, 5.41) is 1.51. The molecule has 1 aliphatic rings. The van der Waals surface area contributed by atoms with Crippen LogP contribution in [0.15, 0.2) is 42.6 Å². The smallest absolute Gasteiger partial charge is 0.243 e. The lowest BCUT2D eigenvalue weighted by atomic mass is 10.0. The van der Waals surface area contributed by atoms with E-state index in [4.69, 9.17) is 0 Å². The molecule has 4 nitrogen and oxygen atoms in total. The van der Waals surface area contributed by atoms with Crippen molar-refractivity contribution < 1.29 is 9.18 Å². The summed E-state index contributed by atoms with van der Waals surface area (Å²) in [5.74, 6) is 5.44. The fraction of sp³-hybridized carbons (Fsp3) is 0.222. The van der Waals surface area contributed by atoms with Gasteiger partial charge in [0.1, 0.15) is 11.5 Å². The lowest BCUT2D eigenvalue weighted by molar-refractivity contribution is -0.117. The average molecular weight is 309 g/mol. The molecule has 1 amide bonds. The van der Waals surface area contributed by atoms with E-state index in [0.29, 0.717) is 23.4 Å². The second-order valence-electron chi connectivity index (χ2n) is 6.06. The van der Waals surface area contributed by atoms with E-state index in [1.54, 1.807) is 30.5 Å². The van der Waals surface area contributed by atoms with Gasteiger partial charge in [-0.15, -0.1) is 0 Å². The zero-order chi connectivity index (χ0) is 16.4. The Morgan fingerprint density at radius 2 is 2.09 bits per heavy atom. The van der Waals surface area contributed by atoms with E-state index in [9.17, 15) is 9.18 Å². The van der Waals surface area contributed by atoms with E-state index in [-0.39, 0.29) is 17.3 Å². The molecular weight excluding hydrogens is 293 g/mol. The first-order chi connectivity index (χ1) is 10.9. The van der Waals surface area contributed by atoms with Gasteiger partial charge in [0.15, 0.2) is 0 Å². The predicted molar refractivity (Wildman–Crippen MR) is 85.9 cm³/mol. The maximum atomic E-state index is 13.1. The monoisotopic (exact) mass is 309 g/mol. The van der Waals surface area contributed by atoms with Crippen molar-refractivity contribution in [3.8, 4) is 11.8 Å². The minimum Gasteiger partial charge on any atom is -0.273 e. The molecule has 0 atom stereocenters. The largest absolute Gasteiger partial charge is 0.273 e. The van der Waals surface area contributed by atoms with Crippen molar-refractivity contribution in [1.82, 2.24) is 10.4 Å². The van der Waals surface area contributed by atoms with E-state index >= 15 is 0 Å². The molecule has 1 N–H and O–H groups in total. The summed E-state index contributed by atoms with van der Waals surface area (Å²) < 4.78 is 13.1. The van der Waals surface area contributed by atoms with Gasteiger partial charge in [-0.2, -0.15) is 0 Å². The first-order valence-corrected chi connectivity index (χ1v) is 7.27. The van der Waals surface area contributed by atoms with Gasteiger partial charge in [0, 0.05) is 17.5 Å². The van der Waals surface area contributed by atoms with Crippen LogP contribution in [0.5, 0.6) is 0 Å². The normalized spacial score (nSPS) is 16.1. The van der Waals surface area contributed by atoms with Gasteiger partial charge in [0.25, 0.3) is 0 Å². The van der Waals surface area contributed by atoms with E-state index in [0.717, 1.165) is 0 Å². The SMILES string of the molecule is CC1(C)CC(=O)N(c2ccc(C#Cc3cccc(F)c3)nc2)N1. The second kappa shape index (κ2) is 5.82. The molecule has 0 aliphatic carbocycles. The highest BCUT2D eigenvalue weighted by Crippen LogP contribution is 2.23. The van der Waals surface area contributed by atoms with E-state index in [1.807, 2.05) is 13.8 Å². The number of carbonyl (C=O) groups is 1. The Kier molecular flexibility index (Phi) is 3.85. The standard InChI is InChI=1S/C18H16FN3O/c1-18(2)11-17(23)22(21-18)16-9-8-15(20-12-16)7-6-13-4-3-5-14(19)10-13/h3-5,8-10,12,21H,11H2,1-2H3. The summed E-state index contributed by atoms with van der Waals surface area (Å²) in [4.78, 5) is 16.2. The number of carbonyl (C=O) groups excluding carboxylic acids is 1. The van der Waals surface area contributed by atoms with E-state index in [1.165, 1.54) is 17.1 Å². The van der Waals surface area contributed by atoms with Crippen LogP contribution in [0.25, 0.3) is 0 Å². The van der Waals surface area contributed by atoms with E-state index < -0.39 is 0 Å².